The number of nitrogens with one attached hydrogen (secondary N) is 1. The number of hydrogen-bond donors (Lipinski definition) is 2. The van der Waals surface area contributed by atoms with E-state index in [1.807, 2.05) is 31.2 Å². The highest BCUT2D eigenvalue weighted by molar-refractivity contribution is 6.06. The third-order valence-corrected chi connectivity index (χ3v) is 4.52. The summed E-state index contributed by atoms with van der Waals surface area (Å²) in [4.78, 5) is 24.0. The van der Waals surface area contributed by atoms with Gasteiger partial charge in [-0.05, 0) is 36.1 Å². The van der Waals surface area contributed by atoms with Crippen LogP contribution < -0.4 is 15.8 Å². The number of nitrogens with two attached hydrogens (primary N) is 1. The largest absolute Gasteiger partial charge is 0.471 e. The summed E-state index contributed by atoms with van der Waals surface area (Å²) in [5.41, 5.74) is 7.06. The summed E-state index contributed by atoms with van der Waals surface area (Å²) in [5.74, 6) is -0.474. The van der Waals surface area contributed by atoms with Crippen molar-refractivity contribution < 1.29 is 14.3 Å². The minimum absolute atomic E-state index is 0.00618. The molecule has 0 aliphatic heterocycles. The van der Waals surface area contributed by atoms with Gasteiger partial charge in [0.2, 0.25) is 0 Å². The van der Waals surface area contributed by atoms with Crippen molar-refractivity contribution >= 4 is 17.5 Å². The van der Waals surface area contributed by atoms with Crippen LogP contribution in [0.4, 0.5) is 5.69 Å². The standard InChI is InChI=1S/C21H26N6O3/c1-5-26-12-17(18(25-26)19(22)28)23-20(29)16-10-11-27(24-16)13-30-15-8-6-14(7-9-15)21(2,3)4/h6-12H,5,13H2,1-4H3,(H2,22,28)(H,23,29). The van der Waals surface area contributed by atoms with E-state index in [1.54, 1.807) is 18.5 Å². The van der Waals surface area contributed by atoms with Crippen molar-refractivity contribution in [1.29, 1.82) is 0 Å². The van der Waals surface area contributed by atoms with E-state index in [1.165, 1.54) is 14.9 Å². The lowest BCUT2D eigenvalue weighted by Crippen LogP contribution is -2.18. The van der Waals surface area contributed by atoms with Crippen LogP contribution in [0, 0.1) is 0 Å². The number of carbonyl (C=O) groups excluding carboxylic acids is 2. The molecule has 0 fully saturated rings. The van der Waals surface area contributed by atoms with Gasteiger partial charge >= 0.3 is 0 Å². The molecule has 1 aromatic carbocycles. The summed E-state index contributed by atoms with van der Waals surface area (Å²) in [7, 11) is 0. The van der Waals surface area contributed by atoms with Crippen LogP contribution in [0.25, 0.3) is 0 Å². The first-order valence-corrected chi connectivity index (χ1v) is 9.62. The molecule has 0 aliphatic carbocycles. The van der Waals surface area contributed by atoms with Crippen LogP contribution in [0.2, 0.25) is 0 Å². The first-order valence-electron chi connectivity index (χ1n) is 9.62. The number of hydrogen-bond acceptors (Lipinski definition) is 5. The predicted octanol–water partition coefficient (Wildman–Crippen LogP) is 2.78. The number of anilines is 1. The van der Waals surface area contributed by atoms with Gasteiger partial charge in [0, 0.05) is 18.9 Å². The molecule has 3 N–H and O–H groups in total. The first-order chi connectivity index (χ1) is 14.2. The zero-order valence-electron chi connectivity index (χ0n) is 17.5. The van der Waals surface area contributed by atoms with Crippen LogP contribution >= 0.6 is 0 Å². The van der Waals surface area contributed by atoms with Crippen LogP contribution in [0.5, 0.6) is 5.75 Å². The average molecular weight is 410 g/mol. The SMILES string of the molecule is CCn1cc(NC(=O)c2ccn(COc3ccc(C(C)(C)C)cc3)n2)c(C(N)=O)n1. The monoisotopic (exact) mass is 410 g/mol. The molecule has 0 radical (unpaired) electrons. The van der Waals surface area contributed by atoms with Crippen LogP contribution in [-0.2, 0) is 18.7 Å². The summed E-state index contributed by atoms with van der Waals surface area (Å²) >= 11 is 0. The number of aryl methyl sites for hydroxylation is 1. The van der Waals surface area contributed by atoms with Crippen LogP contribution in [0.1, 0.15) is 54.2 Å². The number of rotatable bonds is 7. The van der Waals surface area contributed by atoms with E-state index in [9.17, 15) is 9.59 Å². The van der Waals surface area contributed by atoms with Gasteiger partial charge in [-0.1, -0.05) is 32.9 Å². The summed E-state index contributed by atoms with van der Waals surface area (Å²) in [6.07, 6.45) is 3.20. The minimum Gasteiger partial charge on any atom is -0.471 e. The van der Waals surface area contributed by atoms with Crippen LogP contribution in [0.3, 0.4) is 0 Å². The lowest BCUT2D eigenvalue weighted by Gasteiger charge is -2.19. The maximum absolute atomic E-state index is 12.5. The number of benzene rings is 1. The molecule has 0 atom stereocenters. The molecule has 2 heterocycles. The van der Waals surface area contributed by atoms with Gasteiger partial charge in [-0.25, -0.2) is 4.68 Å². The molecule has 0 aliphatic rings. The Hall–Kier alpha value is -3.62. The summed E-state index contributed by atoms with van der Waals surface area (Å²) < 4.78 is 8.77. The van der Waals surface area contributed by atoms with Gasteiger partial charge in [0.1, 0.15) is 5.75 Å². The minimum atomic E-state index is -0.714. The highest BCUT2D eigenvalue weighted by atomic mass is 16.5. The Labute approximate surface area is 174 Å². The maximum atomic E-state index is 12.5. The second kappa shape index (κ2) is 8.40. The molecule has 2 amide bonds. The lowest BCUT2D eigenvalue weighted by molar-refractivity contribution is 0.0995. The van der Waals surface area contributed by atoms with Gasteiger partial charge in [-0.3, -0.25) is 14.3 Å². The second-order valence-electron chi connectivity index (χ2n) is 7.85. The van der Waals surface area contributed by atoms with E-state index in [-0.39, 0.29) is 29.2 Å². The van der Waals surface area contributed by atoms with E-state index in [2.05, 4.69) is 36.3 Å². The highest BCUT2D eigenvalue weighted by Gasteiger charge is 2.18. The molecule has 3 rings (SSSR count). The van der Waals surface area contributed by atoms with Crippen LogP contribution in [0.15, 0.2) is 42.7 Å². The van der Waals surface area contributed by atoms with E-state index >= 15 is 0 Å². The predicted molar refractivity (Wildman–Crippen MR) is 112 cm³/mol. The fraction of sp³-hybridized carbons (Fsp3) is 0.333. The average Bonchev–Trinajstić information content (AvgIpc) is 3.33. The van der Waals surface area contributed by atoms with E-state index in [0.29, 0.717) is 12.3 Å². The van der Waals surface area contributed by atoms with Crippen molar-refractivity contribution in [2.75, 3.05) is 5.32 Å². The molecule has 0 saturated carbocycles. The van der Waals surface area contributed by atoms with Gasteiger partial charge in [-0.2, -0.15) is 10.2 Å². The molecular formula is C21H26N6O3. The number of primary amides is 1. The summed E-state index contributed by atoms with van der Waals surface area (Å²) in [6.45, 7) is 9.01. The van der Waals surface area contributed by atoms with Gasteiger partial charge in [0.15, 0.2) is 18.1 Å². The third kappa shape index (κ3) is 4.86. The van der Waals surface area contributed by atoms with Crippen LogP contribution in [-0.4, -0.2) is 31.4 Å². The smallest absolute Gasteiger partial charge is 0.276 e. The zero-order valence-corrected chi connectivity index (χ0v) is 17.5. The molecule has 9 heteroatoms. The lowest BCUT2D eigenvalue weighted by atomic mass is 9.87. The van der Waals surface area contributed by atoms with Crippen molar-refractivity contribution in [2.24, 2.45) is 5.73 Å². The number of ether oxygens (including phenoxy) is 1. The third-order valence-electron chi connectivity index (χ3n) is 4.52. The van der Waals surface area contributed by atoms with Crippen molar-refractivity contribution in [2.45, 2.75) is 46.4 Å². The summed E-state index contributed by atoms with van der Waals surface area (Å²) in [5, 5.41) is 10.9. The summed E-state index contributed by atoms with van der Waals surface area (Å²) in [6, 6.07) is 9.45. The van der Waals surface area contributed by atoms with Gasteiger partial charge < -0.3 is 15.8 Å². The molecule has 0 spiro atoms. The van der Waals surface area contributed by atoms with Gasteiger partial charge in [0.25, 0.3) is 11.8 Å². The van der Waals surface area contributed by atoms with Crippen molar-refractivity contribution in [1.82, 2.24) is 19.6 Å². The normalized spacial score (nSPS) is 11.3. The van der Waals surface area contributed by atoms with E-state index < -0.39 is 11.8 Å². The highest BCUT2D eigenvalue weighted by Crippen LogP contribution is 2.24. The quantitative estimate of drug-likeness (QED) is 0.621. The Morgan fingerprint density at radius 2 is 1.80 bits per heavy atom. The second-order valence-corrected chi connectivity index (χ2v) is 7.85. The topological polar surface area (TPSA) is 117 Å². The number of amides is 2. The van der Waals surface area contributed by atoms with Gasteiger partial charge in [0.05, 0.1) is 5.69 Å². The molecule has 0 saturated heterocycles. The maximum Gasteiger partial charge on any atom is 0.276 e. The Kier molecular flexibility index (Phi) is 5.91. The Balaban J connectivity index is 1.63. The number of carbonyl (C=O) groups is 2. The Morgan fingerprint density at radius 1 is 1.10 bits per heavy atom. The number of aromatic nitrogens is 4. The molecule has 30 heavy (non-hydrogen) atoms. The Morgan fingerprint density at radius 3 is 2.40 bits per heavy atom. The molecule has 0 bridgehead atoms. The number of nitrogens with zero attached hydrogens (tertiary/aromatic N) is 4. The molecule has 9 nitrogen and oxygen atoms in total. The van der Waals surface area contributed by atoms with Gasteiger partial charge in [-0.15, -0.1) is 0 Å². The Bertz CT molecular complexity index is 1040. The van der Waals surface area contributed by atoms with Crippen molar-refractivity contribution in [3.63, 3.8) is 0 Å². The first kappa shape index (κ1) is 21.1. The van der Waals surface area contributed by atoms with Crippen molar-refractivity contribution in [3.8, 4) is 5.75 Å². The fourth-order valence-electron chi connectivity index (χ4n) is 2.79. The zero-order chi connectivity index (χ0) is 21.9. The van der Waals surface area contributed by atoms with E-state index in [0.717, 1.165) is 0 Å². The fourth-order valence-corrected chi connectivity index (χ4v) is 2.79. The molecule has 0 unspecified atom stereocenters. The molecular weight excluding hydrogens is 384 g/mol. The molecule has 158 valence electrons. The van der Waals surface area contributed by atoms with E-state index in [4.69, 9.17) is 10.5 Å². The van der Waals surface area contributed by atoms with Crippen molar-refractivity contribution in [3.05, 3.63) is 59.7 Å². The molecule has 3 aromatic rings. The molecule has 2 aromatic heterocycles.